The summed E-state index contributed by atoms with van der Waals surface area (Å²) in [5, 5.41) is 3.49. The van der Waals surface area contributed by atoms with Gasteiger partial charge in [0.05, 0.1) is 0 Å². The van der Waals surface area contributed by atoms with Crippen molar-refractivity contribution < 1.29 is 4.79 Å². The molecule has 1 N–H and O–H groups in total. The Morgan fingerprint density at radius 3 is 2.74 bits per heavy atom. The molecule has 2 saturated heterocycles. The Labute approximate surface area is 117 Å². The molecule has 3 fully saturated rings. The molecule has 3 aliphatic rings. The molecule has 0 aromatic heterocycles. The average Bonchev–Trinajstić information content (AvgIpc) is 3.07. The lowest BCUT2D eigenvalue weighted by atomic mass is 9.73. The lowest BCUT2D eigenvalue weighted by Gasteiger charge is -2.33. The van der Waals surface area contributed by atoms with Gasteiger partial charge >= 0.3 is 0 Å². The zero-order valence-corrected chi connectivity index (χ0v) is 12.1. The monoisotopic (exact) mass is 264 g/mol. The maximum Gasteiger partial charge on any atom is 0.222 e. The molecule has 1 aliphatic carbocycles. The summed E-state index contributed by atoms with van der Waals surface area (Å²) in [4.78, 5) is 14.5. The number of nitrogens with one attached hydrogen (secondary N) is 1. The number of rotatable bonds is 3. The van der Waals surface area contributed by atoms with Gasteiger partial charge in [-0.3, -0.25) is 4.79 Å². The van der Waals surface area contributed by atoms with Crippen molar-refractivity contribution in [2.75, 3.05) is 19.6 Å². The summed E-state index contributed by atoms with van der Waals surface area (Å²) in [5.74, 6) is 0.413. The second-order valence-electron chi connectivity index (χ2n) is 6.96. The van der Waals surface area contributed by atoms with Crippen molar-refractivity contribution >= 4 is 5.91 Å². The Morgan fingerprint density at radius 1 is 1.16 bits per heavy atom. The fourth-order valence-electron chi connectivity index (χ4n) is 4.32. The van der Waals surface area contributed by atoms with Crippen molar-refractivity contribution in [1.29, 1.82) is 0 Å². The van der Waals surface area contributed by atoms with E-state index < -0.39 is 0 Å². The van der Waals surface area contributed by atoms with Gasteiger partial charge in [-0.2, -0.15) is 0 Å². The van der Waals surface area contributed by atoms with Crippen LogP contribution in [0.25, 0.3) is 0 Å². The highest BCUT2D eigenvalue weighted by molar-refractivity contribution is 5.76. The molecule has 2 heterocycles. The number of amides is 1. The van der Waals surface area contributed by atoms with Gasteiger partial charge in [0.1, 0.15) is 0 Å². The molecular formula is C16H28N2O. The minimum Gasteiger partial charge on any atom is -0.342 e. The molecule has 19 heavy (non-hydrogen) atoms. The Balaban J connectivity index is 1.45. The molecule has 1 unspecified atom stereocenters. The molecular weight excluding hydrogens is 236 g/mol. The Kier molecular flexibility index (Phi) is 4.11. The van der Waals surface area contributed by atoms with E-state index in [0.29, 0.717) is 17.4 Å². The second kappa shape index (κ2) is 5.82. The lowest BCUT2D eigenvalue weighted by molar-refractivity contribution is -0.130. The molecule has 1 spiro atoms. The number of likely N-dealkylation sites (tertiary alicyclic amines) is 1. The van der Waals surface area contributed by atoms with E-state index in [0.717, 1.165) is 32.5 Å². The van der Waals surface area contributed by atoms with Crippen LogP contribution in [-0.2, 0) is 4.79 Å². The zero-order valence-electron chi connectivity index (χ0n) is 12.1. The van der Waals surface area contributed by atoms with E-state index in [-0.39, 0.29) is 0 Å². The van der Waals surface area contributed by atoms with Gasteiger partial charge in [-0.05, 0) is 50.5 Å². The van der Waals surface area contributed by atoms with Crippen LogP contribution in [0.15, 0.2) is 0 Å². The van der Waals surface area contributed by atoms with Crippen LogP contribution in [0, 0.1) is 5.41 Å². The predicted molar refractivity (Wildman–Crippen MR) is 77.0 cm³/mol. The SMILES string of the molecule is O=C(CCC1CCCN1)N1CCC2(CCCCC2)C1. The van der Waals surface area contributed by atoms with Crippen molar-refractivity contribution in [3.63, 3.8) is 0 Å². The first kappa shape index (κ1) is 13.4. The van der Waals surface area contributed by atoms with Gasteiger partial charge < -0.3 is 10.2 Å². The zero-order chi connectivity index (χ0) is 13.1. The minimum absolute atomic E-state index is 0.413. The van der Waals surface area contributed by atoms with Crippen LogP contribution in [-0.4, -0.2) is 36.5 Å². The van der Waals surface area contributed by atoms with E-state index in [4.69, 9.17) is 0 Å². The maximum atomic E-state index is 12.3. The predicted octanol–water partition coefficient (Wildman–Crippen LogP) is 2.70. The molecule has 108 valence electrons. The number of nitrogens with zero attached hydrogens (tertiary/aromatic N) is 1. The molecule has 2 aliphatic heterocycles. The number of carbonyl (C=O) groups excluding carboxylic acids is 1. The molecule has 1 saturated carbocycles. The van der Waals surface area contributed by atoms with Crippen LogP contribution in [0.3, 0.4) is 0 Å². The minimum atomic E-state index is 0.413. The molecule has 3 rings (SSSR count). The van der Waals surface area contributed by atoms with Gasteiger partial charge in [0.25, 0.3) is 0 Å². The van der Waals surface area contributed by atoms with Crippen molar-refractivity contribution in [2.24, 2.45) is 5.41 Å². The summed E-state index contributed by atoms with van der Waals surface area (Å²) >= 11 is 0. The summed E-state index contributed by atoms with van der Waals surface area (Å²) in [6.07, 6.45) is 12.5. The topological polar surface area (TPSA) is 32.3 Å². The van der Waals surface area contributed by atoms with E-state index in [2.05, 4.69) is 10.2 Å². The molecule has 0 radical (unpaired) electrons. The summed E-state index contributed by atoms with van der Waals surface area (Å²) in [6, 6.07) is 0.607. The number of hydrogen-bond donors (Lipinski definition) is 1. The smallest absolute Gasteiger partial charge is 0.222 e. The maximum absolute atomic E-state index is 12.3. The third-order valence-electron chi connectivity index (χ3n) is 5.57. The van der Waals surface area contributed by atoms with Gasteiger partial charge in [-0.15, -0.1) is 0 Å². The fraction of sp³-hybridized carbons (Fsp3) is 0.938. The van der Waals surface area contributed by atoms with E-state index in [9.17, 15) is 4.79 Å². The Hall–Kier alpha value is -0.570. The van der Waals surface area contributed by atoms with Crippen LogP contribution in [0.2, 0.25) is 0 Å². The van der Waals surface area contributed by atoms with Crippen LogP contribution in [0.1, 0.15) is 64.2 Å². The first-order valence-electron chi connectivity index (χ1n) is 8.29. The molecule has 1 atom stereocenters. The summed E-state index contributed by atoms with van der Waals surface area (Å²) in [5.41, 5.74) is 0.513. The average molecular weight is 264 g/mol. The van der Waals surface area contributed by atoms with Crippen molar-refractivity contribution in [3.05, 3.63) is 0 Å². The Morgan fingerprint density at radius 2 is 2.00 bits per heavy atom. The van der Waals surface area contributed by atoms with E-state index in [1.54, 1.807) is 0 Å². The summed E-state index contributed by atoms with van der Waals surface area (Å²) in [6.45, 7) is 3.23. The molecule has 0 bridgehead atoms. The molecule has 0 aromatic carbocycles. The van der Waals surface area contributed by atoms with Crippen LogP contribution >= 0.6 is 0 Å². The van der Waals surface area contributed by atoms with Gasteiger partial charge in [-0.1, -0.05) is 19.3 Å². The van der Waals surface area contributed by atoms with Crippen molar-refractivity contribution in [3.8, 4) is 0 Å². The molecule has 3 heteroatoms. The largest absolute Gasteiger partial charge is 0.342 e. The molecule has 1 amide bonds. The normalized spacial score (nSPS) is 30.1. The van der Waals surface area contributed by atoms with E-state index >= 15 is 0 Å². The lowest BCUT2D eigenvalue weighted by Crippen LogP contribution is -2.34. The summed E-state index contributed by atoms with van der Waals surface area (Å²) < 4.78 is 0. The van der Waals surface area contributed by atoms with Gasteiger partial charge in [-0.25, -0.2) is 0 Å². The van der Waals surface area contributed by atoms with E-state index in [1.165, 1.54) is 51.4 Å². The second-order valence-corrected chi connectivity index (χ2v) is 6.96. The highest BCUT2D eigenvalue weighted by Gasteiger charge is 2.40. The van der Waals surface area contributed by atoms with Gasteiger partial charge in [0.15, 0.2) is 0 Å². The molecule has 3 nitrogen and oxygen atoms in total. The van der Waals surface area contributed by atoms with Gasteiger partial charge in [0.2, 0.25) is 5.91 Å². The Bertz CT molecular complexity index is 317. The third-order valence-corrected chi connectivity index (χ3v) is 5.57. The quantitative estimate of drug-likeness (QED) is 0.850. The summed E-state index contributed by atoms with van der Waals surface area (Å²) in [7, 11) is 0. The van der Waals surface area contributed by atoms with Crippen LogP contribution in [0.5, 0.6) is 0 Å². The first-order valence-corrected chi connectivity index (χ1v) is 8.29. The molecule has 0 aromatic rings. The number of carbonyl (C=O) groups is 1. The van der Waals surface area contributed by atoms with Crippen LogP contribution in [0.4, 0.5) is 0 Å². The fourth-order valence-corrected chi connectivity index (χ4v) is 4.32. The highest BCUT2D eigenvalue weighted by atomic mass is 16.2. The van der Waals surface area contributed by atoms with Crippen LogP contribution < -0.4 is 5.32 Å². The standard InChI is InChI=1S/C16H28N2O/c19-15(7-6-14-5-4-11-17-14)18-12-10-16(13-18)8-2-1-3-9-16/h14,17H,1-13H2. The highest BCUT2D eigenvalue weighted by Crippen LogP contribution is 2.43. The number of hydrogen-bond acceptors (Lipinski definition) is 2. The van der Waals surface area contributed by atoms with Crippen molar-refractivity contribution in [1.82, 2.24) is 10.2 Å². The van der Waals surface area contributed by atoms with E-state index in [1.807, 2.05) is 0 Å². The van der Waals surface area contributed by atoms with Crippen molar-refractivity contribution in [2.45, 2.75) is 70.3 Å². The van der Waals surface area contributed by atoms with Gasteiger partial charge in [0, 0.05) is 25.6 Å². The third kappa shape index (κ3) is 3.13. The first-order chi connectivity index (χ1) is 9.27.